The summed E-state index contributed by atoms with van der Waals surface area (Å²) in [4.78, 5) is 18.7. The van der Waals surface area contributed by atoms with Gasteiger partial charge in [-0.1, -0.05) is 30.3 Å². The molecule has 1 aliphatic heterocycles. The number of hydrogen-bond donors (Lipinski definition) is 1. The van der Waals surface area contributed by atoms with E-state index in [2.05, 4.69) is 22.4 Å². The van der Waals surface area contributed by atoms with Crippen molar-refractivity contribution in [2.45, 2.75) is 18.7 Å². The number of amides is 1. The van der Waals surface area contributed by atoms with Gasteiger partial charge in [0, 0.05) is 4.90 Å². The van der Waals surface area contributed by atoms with Crippen LogP contribution in [0.2, 0.25) is 0 Å². The molecule has 0 saturated carbocycles. The second kappa shape index (κ2) is 7.28. The van der Waals surface area contributed by atoms with E-state index >= 15 is 0 Å². The summed E-state index contributed by atoms with van der Waals surface area (Å²) < 4.78 is 0. The Kier molecular flexibility index (Phi) is 5.11. The molecule has 1 heterocycles. The standard InChI is InChI=1S/C19H18N2OS2/c1-12-5-4-6-13(2)17(12)20-19-21-18(22)16(24-19)11-14-7-9-15(23-3)10-8-14/h4-11H,1-3H3,(H,20,21,22)/b16-11-. The molecule has 3 nitrogen and oxygen atoms in total. The molecule has 1 aliphatic rings. The van der Waals surface area contributed by atoms with Crippen LogP contribution in [0.5, 0.6) is 0 Å². The number of rotatable bonds is 3. The third kappa shape index (κ3) is 3.74. The van der Waals surface area contributed by atoms with E-state index < -0.39 is 0 Å². The maximum atomic E-state index is 12.2. The van der Waals surface area contributed by atoms with Crippen LogP contribution in [-0.2, 0) is 4.79 Å². The average molecular weight is 355 g/mol. The Morgan fingerprint density at radius 2 is 1.75 bits per heavy atom. The third-order valence-corrected chi connectivity index (χ3v) is 5.37. The van der Waals surface area contributed by atoms with Crippen molar-refractivity contribution in [2.75, 3.05) is 6.26 Å². The predicted octanol–water partition coefficient (Wildman–Crippen LogP) is 4.92. The van der Waals surface area contributed by atoms with Crippen LogP contribution in [0.3, 0.4) is 0 Å². The summed E-state index contributed by atoms with van der Waals surface area (Å²) in [6.07, 6.45) is 3.95. The molecule has 1 amide bonds. The van der Waals surface area contributed by atoms with Crippen LogP contribution < -0.4 is 5.32 Å². The molecule has 0 unspecified atom stereocenters. The highest BCUT2D eigenvalue weighted by atomic mass is 32.2. The number of aliphatic imine (C=N–C) groups is 1. The van der Waals surface area contributed by atoms with E-state index in [9.17, 15) is 4.79 Å². The summed E-state index contributed by atoms with van der Waals surface area (Å²) in [6.45, 7) is 4.05. The number of carbonyl (C=O) groups excluding carboxylic acids is 1. The number of amidine groups is 1. The monoisotopic (exact) mass is 354 g/mol. The van der Waals surface area contributed by atoms with Gasteiger partial charge in [-0.2, -0.15) is 0 Å². The van der Waals surface area contributed by atoms with Gasteiger partial charge in [0.2, 0.25) is 0 Å². The lowest BCUT2D eigenvalue weighted by Gasteiger charge is -2.04. The van der Waals surface area contributed by atoms with E-state index in [4.69, 9.17) is 0 Å². The molecule has 1 saturated heterocycles. The quantitative estimate of drug-likeness (QED) is 0.628. The van der Waals surface area contributed by atoms with Crippen LogP contribution >= 0.6 is 23.5 Å². The molecule has 2 aromatic rings. The maximum Gasteiger partial charge on any atom is 0.264 e. The van der Waals surface area contributed by atoms with Gasteiger partial charge in [0.05, 0.1) is 10.6 Å². The molecular formula is C19H18N2OS2. The Hall–Kier alpha value is -1.98. The first-order chi connectivity index (χ1) is 11.6. The fourth-order valence-corrected chi connectivity index (χ4v) is 3.65. The molecule has 1 fully saturated rings. The fourth-order valence-electron chi connectivity index (χ4n) is 2.42. The molecule has 0 radical (unpaired) electrons. The average Bonchev–Trinajstić information content (AvgIpc) is 2.91. The molecule has 5 heteroatoms. The van der Waals surface area contributed by atoms with Gasteiger partial charge in [-0.3, -0.25) is 4.79 Å². The van der Waals surface area contributed by atoms with Crippen LogP contribution in [0.4, 0.5) is 5.69 Å². The van der Waals surface area contributed by atoms with Crippen molar-refractivity contribution in [1.82, 2.24) is 5.32 Å². The Bertz CT molecular complexity index is 819. The maximum absolute atomic E-state index is 12.2. The van der Waals surface area contributed by atoms with Crippen LogP contribution in [0.1, 0.15) is 16.7 Å². The number of benzene rings is 2. The van der Waals surface area contributed by atoms with E-state index in [0.29, 0.717) is 10.1 Å². The first-order valence-corrected chi connectivity index (χ1v) is 9.61. The van der Waals surface area contributed by atoms with Gasteiger partial charge in [0.1, 0.15) is 0 Å². The zero-order valence-electron chi connectivity index (χ0n) is 13.8. The smallest absolute Gasteiger partial charge is 0.264 e. The molecular weight excluding hydrogens is 336 g/mol. The predicted molar refractivity (Wildman–Crippen MR) is 105 cm³/mol. The number of aryl methyl sites for hydroxylation is 2. The lowest BCUT2D eigenvalue weighted by Crippen LogP contribution is -2.19. The van der Waals surface area contributed by atoms with Gasteiger partial charge < -0.3 is 5.32 Å². The molecule has 1 N–H and O–H groups in total. The number of nitrogens with one attached hydrogen (secondary N) is 1. The minimum Gasteiger partial charge on any atom is -0.300 e. The van der Waals surface area contributed by atoms with E-state index in [1.807, 2.05) is 56.5 Å². The zero-order valence-corrected chi connectivity index (χ0v) is 15.4. The molecule has 3 rings (SSSR count). The first-order valence-electron chi connectivity index (χ1n) is 7.56. The highest BCUT2D eigenvalue weighted by Crippen LogP contribution is 2.30. The summed E-state index contributed by atoms with van der Waals surface area (Å²) >= 11 is 3.08. The topological polar surface area (TPSA) is 41.5 Å². The highest BCUT2D eigenvalue weighted by molar-refractivity contribution is 8.18. The van der Waals surface area contributed by atoms with E-state index in [0.717, 1.165) is 22.4 Å². The minimum atomic E-state index is -0.0982. The summed E-state index contributed by atoms with van der Waals surface area (Å²) in [5, 5.41) is 3.48. The lowest BCUT2D eigenvalue weighted by molar-refractivity contribution is -0.115. The van der Waals surface area contributed by atoms with Gasteiger partial charge in [0.15, 0.2) is 5.17 Å². The van der Waals surface area contributed by atoms with Gasteiger partial charge in [-0.05, 0) is 66.8 Å². The number of nitrogens with zero attached hydrogens (tertiary/aromatic N) is 1. The van der Waals surface area contributed by atoms with Gasteiger partial charge in [-0.15, -0.1) is 11.8 Å². The minimum absolute atomic E-state index is 0.0982. The van der Waals surface area contributed by atoms with Crippen LogP contribution in [-0.4, -0.2) is 17.3 Å². The van der Waals surface area contributed by atoms with Crippen molar-refractivity contribution >= 4 is 46.4 Å². The summed E-state index contributed by atoms with van der Waals surface area (Å²) in [5.41, 5.74) is 4.13. The summed E-state index contributed by atoms with van der Waals surface area (Å²) in [5.74, 6) is -0.0982. The van der Waals surface area contributed by atoms with Gasteiger partial charge >= 0.3 is 0 Å². The highest BCUT2D eigenvalue weighted by Gasteiger charge is 2.24. The van der Waals surface area contributed by atoms with E-state index in [1.54, 1.807) is 11.8 Å². The summed E-state index contributed by atoms with van der Waals surface area (Å²) in [6, 6.07) is 14.2. The van der Waals surface area contributed by atoms with Crippen LogP contribution in [0, 0.1) is 13.8 Å². The largest absolute Gasteiger partial charge is 0.300 e. The van der Waals surface area contributed by atoms with E-state index in [-0.39, 0.29) is 5.91 Å². The molecule has 0 atom stereocenters. The third-order valence-electron chi connectivity index (χ3n) is 3.72. The van der Waals surface area contributed by atoms with Crippen molar-refractivity contribution in [1.29, 1.82) is 0 Å². The first kappa shape index (κ1) is 16.9. The molecule has 0 aliphatic carbocycles. The van der Waals surface area contributed by atoms with Crippen molar-refractivity contribution in [3.8, 4) is 0 Å². The second-order valence-electron chi connectivity index (χ2n) is 5.50. The van der Waals surface area contributed by atoms with Crippen molar-refractivity contribution < 1.29 is 4.79 Å². The fraction of sp³-hybridized carbons (Fsp3) is 0.158. The Labute approximate surface area is 150 Å². The Morgan fingerprint density at radius 3 is 2.38 bits per heavy atom. The number of hydrogen-bond acceptors (Lipinski definition) is 4. The van der Waals surface area contributed by atoms with Crippen LogP contribution in [0.15, 0.2) is 57.3 Å². The Balaban J connectivity index is 1.85. The molecule has 0 bridgehead atoms. The van der Waals surface area contributed by atoms with Gasteiger partial charge in [0.25, 0.3) is 5.91 Å². The molecule has 122 valence electrons. The van der Waals surface area contributed by atoms with Gasteiger partial charge in [-0.25, -0.2) is 4.99 Å². The second-order valence-corrected chi connectivity index (χ2v) is 7.41. The van der Waals surface area contributed by atoms with Crippen molar-refractivity contribution in [3.63, 3.8) is 0 Å². The van der Waals surface area contributed by atoms with Crippen LogP contribution in [0.25, 0.3) is 6.08 Å². The zero-order chi connectivity index (χ0) is 17.1. The normalized spacial score (nSPS) is 17.5. The molecule has 2 aromatic carbocycles. The lowest BCUT2D eigenvalue weighted by atomic mass is 10.1. The SMILES string of the molecule is CSc1ccc(/C=C2\SC(=Nc3c(C)cccc3C)NC2=O)cc1. The number of carbonyl (C=O) groups is 1. The summed E-state index contributed by atoms with van der Waals surface area (Å²) in [7, 11) is 0. The van der Waals surface area contributed by atoms with Crippen molar-refractivity contribution in [2.24, 2.45) is 4.99 Å². The number of thioether (sulfide) groups is 2. The van der Waals surface area contributed by atoms with Crippen molar-refractivity contribution in [3.05, 3.63) is 64.1 Å². The molecule has 0 aromatic heterocycles. The molecule has 24 heavy (non-hydrogen) atoms. The number of para-hydroxylation sites is 1. The Morgan fingerprint density at radius 1 is 1.08 bits per heavy atom. The molecule has 0 spiro atoms. The van der Waals surface area contributed by atoms with E-state index in [1.165, 1.54) is 16.7 Å².